The molecule has 0 aliphatic carbocycles. The maximum atomic E-state index is 5.37. The number of hydrogen-bond acceptors (Lipinski definition) is 5. The van der Waals surface area contributed by atoms with E-state index in [9.17, 15) is 0 Å². The first-order valence-electron chi connectivity index (χ1n) is 6.86. The van der Waals surface area contributed by atoms with Crippen molar-refractivity contribution in [2.75, 3.05) is 52.4 Å². The summed E-state index contributed by atoms with van der Waals surface area (Å²) >= 11 is 0. The molecule has 0 spiro atoms. The average molecular weight is 245 g/mol. The van der Waals surface area contributed by atoms with Crippen LogP contribution in [0.3, 0.4) is 0 Å². The predicted octanol–water partition coefficient (Wildman–Crippen LogP) is -0.898. The van der Waals surface area contributed by atoms with Crippen molar-refractivity contribution >= 4 is 0 Å². The number of rotatable bonds is 13. The molecule has 0 saturated heterocycles. The van der Waals surface area contributed by atoms with Crippen LogP contribution in [-0.2, 0) is 0 Å². The van der Waals surface area contributed by atoms with Gasteiger partial charge in [-0.2, -0.15) is 0 Å². The Bertz CT molecular complexity index is 143. The molecule has 1 unspecified atom stereocenters. The molecular weight excluding hydrogens is 214 g/mol. The van der Waals surface area contributed by atoms with Gasteiger partial charge in [-0.25, -0.2) is 0 Å². The zero-order chi connectivity index (χ0) is 12.8. The summed E-state index contributed by atoms with van der Waals surface area (Å²) in [4.78, 5) is 0. The van der Waals surface area contributed by atoms with Crippen LogP contribution in [0.15, 0.2) is 0 Å². The minimum Gasteiger partial charge on any atom is -0.329 e. The first-order valence-corrected chi connectivity index (χ1v) is 6.86. The Hall–Kier alpha value is -0.200. The van der Waals surface area contributed by atoms with Crippen molar-refractivity contribution in [3.8, 4) is 0 Å². The first kappa shape index (κ1) is 16.8. The molecule has 6 N–H and O–H groups in total. The van der Waals surface area contributed by atoms with Gasteiger partial charge in [0.05, 0.1) is 0 Å². The fourth-order valence-electron chi connectivity index (χ4n) is 1.38. The van der Waals surface area contributed by atoms with Gasteiger partial charge in [-0.1, -0.05) is 6.92 Å². The van der Waals surface area contributed by atoms with Gasteiger partial charge < -0.3 is 27.0 Å². The van der Waals surface area contributed by atoms with Crippen LogP contribution in [0.4, 0.5) is 0 Å². The summed E-state index contributed by atoms with van der Waals surface area (Å²) in [6.07, 6.45) is 1.19. The smallest absolute Gasteiger partial charge is 0.00792 e. The molecule has 17 heavy (non-hydrogen) atoms. The Morgan fingerprint density at radius 1 is 0.824 bits per heavy atom. The Morgan fingerprint density at radius 2 is 1.29 bits per heavy atom. The number of nitrogens with two attached hydrogens (primary N) is 1. The molecule has 0 aliphatic rings. The Balaban J connectivity index is 2.94. The molecule has 0 heterocycles. The number of nitrogens with one attached hydrogen (secondary N) is 4. The second-order valence-electron chi connectivity index (χ2n) is 4.30. The normalized spacial score (nSPS) is 12.9. The molecule has 0 bridgehead atoms. The van der Waals surface area contributed by atoms with Crippen molar-refractivity contribution in [3.05, 3.63) is 0 Å². The van der Waals surface area contributed by atoms with E-state index in [1.165, 1.54) is 6.42 Å². The molecular formula is C12H31N5. The topological polar surface area (TPSA) is 74.1 Å². The van der Waals surface area contributed by atoms with E-state index < -0.39 is 0 Å². The van der Waals surface area contributed by atoms with Crippen LogP contribution in [-0.4, -0.2) is 58.4 Å². The summed E-state index contributed by atoms with van der Waals surface area (Å²) in [7, 11) is 0. The highest BCUT2D eigenvalue weighted by Gasteiger charge is 1.95. The molecule has 0 saturated carbocycles. The summed E-state index contributed by atoms with van der Waals surface area (Å²) in [6, 6.07) is 0.628. The molecule has 0 aromatic carbocycles. The van der Waals surface area contributed by atoms with Crippen LogP contribution < -0.4 is 27.0 Å². The fraction of sp³-hybridized carbons (Fsp3) is 1.00. The van der Waals surface area contributed by atoms with Crippen LogP contribution in [0, 0.1) is 0 Å². The third-order valence-corrected chi connectivity index (χ3v) is 2.69. The molecule has 0 aliphatic heterocycles. The zero-order valence-electron chi connectivity index (χ0n) is 11.5. The largest absolute Gasteiger partial charge is 0.329 e. The van der Waals surface area contributed by atoms with Crippen LogP contribution in [0.1, 0.15) is 20.3 Å². The van der Waals surface area contributed by atoms with Crippen molar-refractivity contribution in [1.82, 2.24) is 21.3 Å². The van der Waals surface area contributed by atoms with Crippen molar-refractivity contribution in [2.45, 2.75) is 26.3 Å². The minimum absolute atomic E-state index is 0.628. The SMILES string of the molecule is CCC(C)NCCNCCNCCNCCN. The Kier molecular flexibility index (Phi) is 13.7. The lowest BCUT2D eigenvalue weighted by Crippen LogP contribution is -2.37. The van der Waals surface area contributed by atoms with Crippen molar-refractivity contribution in [2.24, 2.45) is 5.73 Å². The Morgan fingerprint density at radius 3 is 1.76 bits per heavy atom. The molecule has 0 radical (unpaired) electrons. The standard InChI is InChI=1S/C12H31N5/c1-3-12(2)17-11-10-16-9-8-15-7-6-14-5-4-13/h12,14-17H,3-11,13H2,1-2H3. The molecule has 104 valence electrons. The van der Waals surface area contributed by atoms with Gasteiger partial charge in [0, 0.05) is 58.4 Å². The quantitative estimate of drug-likeness (QED) is 0.272. The van der Waals surface area contributed by atoms with E-state index in [1.807, 2.05) is 0 Å². The third kappa shape index (κ3) is 13.7. The lowest BCUT2D eigenvalue weighted by molar-refractivity contribution is 0.511. The lowest BCUT2D eigenvalue weighted by Gasteiger charge is -2.11. The lowest BCUT2D eigenvalue weighted by atomic mass is 10.3. The van der Waals surface area contributed by atoms with E-state index in [0.717, 1.165) is 45.8 Å². The van der Waals surface area contributed by atoms with Crippen LogP contribution in [0.25, 0.3) is 0 Å². The molecule has 5 heteroatoms. The maximum Gasteiger partial charge on any atom is 0.00792 e. The molecule has 0 rings (SSSR count). The van der Waals surface area contributed by atoms with E-state index in [0.29, 0.717) is 12.6 Å². The molecule has 1 atom stereocenters. The van der Waals surface area contributed by atoms with Crippen molar-refractivity contribution in [3.63, 3.8) is 0 Å². The molecule has 0 fully saturated rings. The van der Waals surface area contributed by atoms with E-state index in [1.54, 1.807) is 0 Å². The van der Waals surface area contributed by atoms with Crippen LogP contribution in [0.5, 0.6) is 0 Å². The van der Waals surface area contributed by atoms with Gasteiger partial charge in [0.2, 0.25) is 0 Å². The van der Waals surface area contributed by atoms with Gasteiger partial charge in [-0.3, -0.25) is 0 Å². The summed E-state index contributed by atoms with van der Waals surface area (Å²) in [5.74, 6) is 0. The summed E-state index contributed by atoms with van der Waals surface area (Å²) in [5.41, 5.74) is 5.37. The van der Waals surface area contributed by atoms with Gasteiger partial charge >= 0.3 is 0 Å². The highest BCUT2D eigenvalue weighted by Crippen LogP contribution is 1.84. The second-order valence-corrected chi connectivity index (χ2v) is 4.30. The highest BCUT2D eigenvalue weighted by atomic mass is 15.0. The summed E-state index contributed by atoms with van der Waals surface area (Å²) < 4.78 is 0. The van der Waals surface area contributed by atoms with Crippen molar-refractivity contribution in [1.29, 1.82) is 0 Å². The molecule has 5 nitrogen and oxygen atoms in total. The summed E-state index contributed by atoms with van der Waals surface area (Å²) in [6.45, 7) is 12.2. The van der Waals surface area contributed by atoms with E-state index in [4.69, 9.17) is 5.73 Å². The van der Waals surface area contributed by atoms with Gasteiger partial charge in [0.25, 0.3) is 0 Å². The van der Waals surface area contributed by atoms with Crippen LogP contribution >= 0.6 is 0 Å². The average Bonchev–Trinajstić information content (AvgIpc) is 2.35. The maximum absolute atomic E-state index is 5.37. The van der Waals surface area contributed by atoms with Gasteiger partial charge in [-0.05, 0) is 13.3 Å². The third-order valence-electron chi connectivity index (χ3n) is 2.69. The zero-order valence-corrected chi connectivity index (χ0v) is 11.5. The van der Waals surface area contributed by atoms with E-state index in [2.05, 4.69) is 35.1 Å². The fourth-order valence-corrected chi connectivity index (χ4v) is 1.38. The molecule has 0 amide bonds. The summed E-state index contributed by atoms with van der Waals surface area (Å²) in [5, 5.41) is 13.5. The van der Waals surface area contributed by atoms with E-state index >= 15 is 0 Å². The van der Waals surface area contributed by atoms with Gasteiger partial charge in [-0.15, -0.1) is 0 Å². The van der Waals surface area contributed by atoms with E-state index in [-0.39, 0.29) is 0 Å². The Labute approximate surface area is 106 Å². The molecule has 0 aromatic heterocycles. The van der Waals surface area contributed by atoms with Crippen LogP contribution in [0.2, 0.25) is 0 Å². The number of hydrogen-bond donors (Lipinski definition) is 5. The highest BCUT2D eigenvalue weighted by molar-refractivity contribution is 4.60. The van der Waals surface area contributed by atoms with Gasteiger partial charge in [0.1, 0.15) is 0 Å². The first-order chi connectivity index (χ1) is 8.31. The van der Waals surface area contributed by atoms with Gasteiger partial charge in [0.15, 0.2) is 0 Å². The molecule has 0 aromatic rings. The monoisotopic (exact) mass is 245 g/mol. The predicted molar refractivity (Wildman–Crippen MR) is 75.4 cm³/mol. The minimum atomic E-state index is 0.628. The van der Waals surface area contributed by atoms with Crippen molar-refractivity contribution < 1.29 is 0 Å². The second kappa shape index (κ2) is 13.9.